The second-order valence-electron chi connectivity index (χ2n) is 5.05. The number of carbonyl (C=O) groups is 1. The van der Waals surface area contributed by atoms with Crippen LogP contribution in [0.3, 0.4) is 0 Å². The quantitative estimate of drug-likeness (QED) is 0.850. The lowest BCUT2D eigenvalue weighted by Crippen LogP contribution is -2.09. The molecule has 0 radical (unpaired) electrons. The second-order valence-corrected chi connectivity index (χ2v) is 5.05. The molecule has 0 saturated carbocycles. The zero-order valence-electron chi connectivity index (χ0n) is 12.0. The Kier molecular flexibility index (Phi) is 4.50. The number of esters is 1. The molecule has 5 heteroatoms. The normalized spacial score (nSPS) is 12.4. The van der Waals surface area contributed by atoms with E-state index in [0.29, 0.717) is 11.7 Å². The highest BCUT2D eigenvalue weighted by molar-refractivity contribution is 5.65. The van der Waals surface area contributed by atoms with E-state index < -0.39 is 0 Å². The molecule has 2 aromatic heterocycles. The summed E-state index contributed by atoms with van der Waals surface area (Å²) in [4.78, 5) is 22.5. The molecule has 1 N–H and O–H groups in total. The number of aromatic amines is 1. The van der Waals surface area contributed by atoms with Gasteiger partial charge in [0.1, 0.15) is 12.4 Å². The maximum atomic E-state index is 10.8. The summed E-state index contributed by atoms with van der Waals surface area (Å²) in [5.41, 5.74) is 2.13. The molecule has 5 nitrogen and oxygen atoms in total. The van der Waals surface area contributed by atoms with Crippen LogP contribution in [0.15, 0.2) is 30.7 Å². The Hall–Kier alpha value is -2.17. The minimum absolute atomic E-state index is 0.177. The van der Waals surface area contributed by atoms with Crippen LogP contribution in [-0.4, -0.2) is 20.9 Å². The number of hydrogen-bond acceptors (Lipinski definition) is 4. The number of aromatic nitrogens is 3. The molecule has 2 heterocycles. The molecule has 0 aliphatic heterocycles. The van der Waals surface area contributed by atoms with Crippen molar-refractivity contribution in [3.05, 3.63) is 47.8 Å². The number of imidazole rings is 1. The molecule has 0 aromatic carbocycles. The summed E-state index contributed by atoms with van der Waals surface area (Å²) in [6.45, 7) is 5.88. The van der Waals surface area contributed by atoms with E-state index in [2.05, 4.69) is 28.8 Å². The number of nitrogens with zero attached hydrogens (tertiary/aromatic N) is 2. The Balaban J connectivity index is 2.21. The van der Waals surface area contributed by atoms with Crippen molar-refractivity contribution in [2.24, 2.45) is 5.92 Å². The van der Waals surface area contributed by atoms with E-state index in [1.165, 1.54) is 12.5 Å². The summed E-state index contributed by atoms with van der Waals surface area (Å²) < 4.78 is 4.94. The van der Waals surface area contributed by atoms with Gasteiger partial charge >= 0.3 is 5.97 Å². The van der Waals surface area contributed by atoms with E-state index in [-0.39, 0.29) is 18.5 Å². The van der Waals surface area contributed by atoms with Crippen molar-refractivity contribution in [3.63, 3.8) is 0 Å². The standard InChI is InChI=1S/C15H19N3O2/c1-10(2)15(12-4-6-16-7-5-12)13-8-17-14(18-13)9-20-11(3)19/h4-8,10,15H,9H2,1-3H3,(H,17,18). The average Bonchev–Trinajstić information content (AvgIpc) is 2.86. The van der Waals surface area contributed by atoms with Gasteiger partial charge in [-0.2, -0.15) is 0 Å². The van der Waals surface area contributed by atoms with E-state index in [0.717, 1.165) is 5.69 Å². The minimum atomic E-state index is -0.308. The molecule has 0 spiro atoms. The average molecular weight is 273 g/mol. The van der Waals surface area contributed by atoms with Gasteiger partial charge in [-0.15, -0.1) is 0 Å². The fourth-order valence-corrected chi connectivity index (χ4v) is 2.25. The van der Waals surface area contributed by atoms with Crippen molar-refractivity contribution in [1.29, 1.82) is 0 Å². The van der Waals surface area contributed by atoms with Gasteiger partial charge in [-0.1, -0.05) is 13.8 Å². The Labute approximate surface area is 118 Å². The van der Waals surface area contributed by atoms with Gasteiger partial charge in [0, 0.05) is 31.4 Å². The van der Waals surface area contributed by atoms with E-state index >= 15 is 0 Å². The first-order valence-electron chi connectivity index (χ1n) is 6.65. The number of pyridine rings is 1. The molecule has 0 bridgehead atoms. The summed E-state index contributed by atoms with van der Waals surface area (Å²) in [6.07, 6.45) is 5.46. The molecule has 106 valence electrons. The first-order valence-corrected chi connectivity index (χ1v) is 6.65. The van der Waals surface area contributed by atoms with Crippen molar-refractivity contribution < 1.29 is 9.53 Å². The van der Waals surface area contributed by atoms with Crippen LogP contribution in [0.1, 0.15) is 43.8 Å². The predicted molar refractivity (Wildman–Crippen MR) is 75.0 cm³/mol. The molecule has 1 unspecified atom stereocenters. The van der Waals surface area contributed by atoms with Crippen LogP contribution in [0.2, 0.25) is 0 Å². The molecule has 2 rings (SSSR count). The highest BCUT2D eigenvalue weighted by Crippen LogP contribution is 2.30. The minimum Gasteiger partial charge on any atom is -0.458 e. The topological polar surface area (TPSA) is 67.9 Å². The molecule has 1 atom stereocenters. The SMILES string of the molecule is CC(=O)OCc1nc(C(c2ccncc2)C(C)C)c[nH]1. The molecular weight excluding hydrogens is 254 g/mol. The summed E-state index contributed by atoms with van der Waals surface area (Å²) in [5, 5.41) is 0. The predicted octanol–water partition coefficient (Wildman–Crippen LogP) is 2.66. The van der Waals surface area contributed by atoms with E-state index in [1.54, 1.807) is 12.4 Å². The first-order chi connectivity index (χ1) is 9.58. The fraction of sp³-hybridized carbons (Fsp3) is 0.400. The molecule has 0 amide bonds. The lowest BCUT2D eigenvalue weighted by Gasteiger charge is -2.19. The third-order valence-corrected chi connectivity index (χ3v) is 3.11. The maximum absolute atomic E-state index is 10.8. The zero-order valence-corrected chi connectivity index (χ0v) is 12.0. The Morgan fingerprint density at radius 1 is 1.35 bits per heavy atom. The summed E-state index contributed by atoms with van der Waals surface area (Å²) in [6, 6.07) is 4.01. The molecule has 0 saturated heterocycles. The molecule has 0 aliphatic carbocycles. The van der Waals surface area contributed by atoms with Crippen molar-refractivity contribution in [2.75, 3.05) is 0 Å². The van der Waals surface area contributed by atoms with Crippen LogP contribution in [0.4, 0.5) is 0 Å². The highest BCUT2D eigenvalue weighted by atomic mass is 16.5. The molecule has 20 heavy (non-hydrogen) atoms. The van der Waals surface area contributed by atoms with Gasteiger partial charge in [0.25, 0.3) is 0 Å². The number of nitrogens with one attached hydrogen (secondary N) is 1. The van der Waals surface area contributed by atoms with Gasteiger partial charge in [0.05, 0.1) is 5.69 Å². The lowest BCUT2D eigenvalue weighted by molar-refractivity contribution is -0.142. The van der Waals surface area contributed by atoms with Crippen molar-refractivity contribution in [1.82, 2.24) is 15.0 Å². The van der Waals surface area contributed by atoms with Gasteiger partial charge in [-0.25, -0.2) is 4.98 Å². The van der Waals surface area contributed by atoms with Crippen molar-refractivity contribution in [3.8, 4) is 0 Å². The lowest BCUT2D eigenvalue weighted by atomic mass is 9.87. The largest absolute Gasteiger partial charge is 0.458 e. The fourth-order valence-electron chi connectivity index (χ4n) is 2.25. The second kappa shape index (κ2) is 6.32. The smallest absolute Gasteiger partial charge is 0.303 e. The summed E-state index contributed by atoms with van der Waals surface area (Å²) in [5.74, 6) is 0.954. The van der Waals surface area contributed by atoms with E-state index in [9.17, 15) is 4.79 Å². The van der Waals surface area contributed by atoms with Gasteiger partial charge in [0.2, 0.25) is 0 Å². The van der Waals surface area contributed by atoms with Gasteiger partial charge < -0.3 is 9.72 Å². The van der Waals surface area contributed by atoms with Crippen LogP contribution in [0.25, 0.3) is 0 Å². The summed E-state index contributed by atoms with van der Waals surface area (Å²) >= 11 is 0. The van der Waals surface area contributed by atoms with Gasteiger partial charge in [0.15, 0.2) is 0 Å². The third-order valence-electron chi connectivity index (χ3n) is 3.11. The number of carbonyl (C=O) groups excluding carboxylic acids is 1. The van der Waals surface area contributed by atoms with Crippen molar-refractivity contribution in [2.45, 2.75) is 33.3 Å². The Bertz CT molecular complexity index is 564. The van der Waals surface area contributed by atoms with Crippen molar-refractivity contribution >= 4 is 5.97 Å². The summed E-state index contributed by atoms with van der Waals surface area (Å²) in [7, 11) is 0. The number of hydrogen-bond donors (Lipinski definition) is 1. The van der Waals surface area contributed by atoms with E-state index in [4.69, 9.17) is 4.74 Å². The van der Waals surface area contributed by atoms with Crippen LogP contribution in [0.5, 0.6) is 0 Å². The Morgan fingerprint density at radius 2 is 2.05 bits per heavy atom. The Morgan fingerprint density at radius 3 is 2.65 bits per heavy atom. The van der Waals surface area contributed by atoms with E-state index in [1.807, 2.05) is 18.3 Å². The van der Waals surface area contributed by atoms with Crippen LogP contribution >= 0.6 is 0 Å². The number of rotatable bonds is 5. The first kappa shape index (κ1) is 14.2. The zero-order chi connectivity index (χ0) is 14.5. The van der Waals surface area contributed by atoms with Crippen LogP contribution in [-0.2, 0) is 16.1 Å². The third kappa shape index (κ3) is 3.44. The molecule has 2 aromatic rings. The molecule has 0 fully saturated rings. The van der Waals surface area contributed by atoms with Crippen LogP contribution < -0.4 is 0 Å². The van der Waals surface area contributed by atoms with Gasteiger partial charge in [-0.05, 0) is 23.6 Å². The maximum Gasteiger partial charge on any atom is 0.303 e. The van der Waals surface area contributed by atoms with Gasteiger partial charge in [-0.3, -0.25) is 9.78 Å². The monoisotopic (exact) mass is 273 g/mol. The molecular formula is C15H19N3O2. The van der Waals surface area contributed by atoms with Crippen LogP contribution in [0, 0.1) is 5.92 Å². The number of ether oxygens (including phenoxy) is 1. The molecule has 0 aliphatic rings. The number of H-pyrrole nitrogens is 1. The highest BCUT2D eigenvalue weighted by Gasteiger charge is 2.21.